The number of nitrogens with zero attached hydrogens (tertiary/aromatic N) is 2. The zero-order valence-corrected chi connectivity index (χ0v) is 14.6. The highest BCUT2D eigenvalue weighted by Crippen LogP contribution is 2.28. The second kappa shape index (κ2) is 8.14. The molecule has 0 bridgehead atoms. The molecule has 0 radical (unpaired) electrons. The van der Waals surface area contributed by atoms with Gasteiger partial charge in [-0.15, -0.1) is 0 Å². The van der Waals surface area contributed by atoms with Gasteiger partial charge in [0.15, 0.2) is 11.5 Å². The van der Waals surface area contributed by atoms with Crippen LogP contribution >= 0.6 is 0 Å². The Morgan fingerprint density at radius 2 is 2.04 bits per heavy atom. The monoisotopic (exact) mass is 343 g/mol. The van der Waals surface area contributed by atoms with Gasteiger partial charge in [-0.25, -0.2) is 5.43 Å². The first-order chi connectivity index (χ1) is 11.9. The van der Waals surface area contributed by atoms with Gasteiger partial charge in [0.1, 0.15) is 5.56 Å². The molecule has 0 saturated carbocycles. The summed E-state index contributed by atoms with van der Waals surface area (Å²) in [7, 11) is 3.15. The molecule has 7 nitrogen and oxygen atoms in total. The number of nitrogens with one attached hydrogen (secondary N) is 1. The average Bonchev–Trinajstić information content (AvgIpc) is 2.57. The van der Waals surface area contributed by atoms with Crippen LogP contribution in [0.1, 0.15) is 29.8 Å². The van der Waals surface area contributed by atoms with Crippen LogP contribution in [0.5, 0.6) is 11.5 Å². The minimum absolute atomic E-state index is 0.00455. The molecule has 0 aliphatic heterocycles. The van der Waals surface area contributed by atoms with Gasteiger partial charge in [0.2, 0.25) is 0 Å². The van der Waals surface area contributed by atoms with Gasteiger partial charge >= 0.3 is 0 Å². The van der Waals surface area contributed by atoms with Crippen molar-refractivity contribution in [1.29, 1.82) is 0 Å². The Labute approximate surface area is 145 Å². The highest BCUT2D eigenvalue weighted by atomic mass is 16.5. The Kier molecular flexibility index (Phi) is 5.94. The summed E-state index contributed by atoms with van der Waals surface area (Å²) in [4.78, 5) is 23.9. The fourth-order valence-corrected chi connectivity index (χ4v) is 2.12. The van der Waals surface area contributed by atoms with E-state index in [0.717, 1.165) is 5.56 Å². The lowest BCUT2D eigenvalue weighted by molar-refractivity contribution is 0.0953. The van der Waals surface area contributed by atoms with Crippen LogP contribution in [0.3, 0.4) is 0 Å². The molecular weight excluding hydrogens is 322 g/mol. The Morgan fingerprint density at radius 3 is 2.72 bits per heavy atom. The van der Waals surface area contributed by atoms with E-state index in [1.54, 1.807) is 44.6 Å². The van der Waals surface area contributed by atoms with Crippen LogP contribution in [-0.2, 0) is 7.05 Å². The highest BCUT2D eigenvalue weighted by Gasteiger charge is 2.10. The number of carbonyl (C=O) groups is 1. The van der Waals surface area contributed by atoms with Gasteiger partial charge in [0, 0.05) is 13.2 Å². The van der Waals surface area contributed by atoms with Gasteiger partial charge < -0.3 is 14.0 Å². The average molecular weight is 343 g/mol. The smallest absolute Gasteiger partial charge is 0.276 e. The molecule has 1 aromatic heterocycles. The van der Waals surface area contributed by atoms with Crippen molar-refractivity contribution in [3.63, 3.8) is 0 Å². The molecule has 0 aliphatic rings. The molecule has 1 heterocycles. The van der Waals surface area contributed by atoms with Crippen LogP contribution in [0.15, 0.2) is 46.4 Å². The lowest BCUT2D eigenvalue weighted by Gasteiger charge is -2.13. The molecular formula is C18H21N3O4. The Bertz CT molecular complexity index is 840. The van der Waals surface area contributed by atoms with Crippen LogP contribution in [0.2, 0.25) is 0 Å². The first-order valence-electron chi connectivity index (χ1n) is 7.76. The summed E-state index contributed by atoms with van der Waals surface area (Å²) < 4.78 is 12.3. The van der Waals surface area contributed by atoms with Crippen LogP contribution in [0.4, 0.5) is 0 Å². The van der Waals surface area contributed by atoms with Crippen LogP contribution in [0.25, 0.3) is 0 Å². The summed E-state index contributed by atoms with van der Waals surface area (Å²) >= 11 is 0. The maximum Gasteiger partial charge on any atom is 0.276 e. The van der Waals surface area contributed by atoms with E-state index in [0.29, 0.717) is 11.5 Å². The van der Waals surface area contributed by atoms with Gasteiger partial charge in [-0.05, 0) is 49.7 Å². The van der Waals surface area contributed by atoms with Crippen LogP contribution in [-0.4, -0.2) is 29.9 Å². The number of amides is 1. The molecule has 1 amide bonds. The van der Waals surface area contributed by atoms with E-state index >= 15 is 0 Å². The van der Waals surface area contributed by atoms with Crippen molar-refractivity contribution in [2.24, 2.45) is 12.1 Å². The highest BCUT2D eigenvalue weighted by molar-refractivity contribution is 5.94. The van der Waals surface area contributed by atoms with E-state index < -0.39 is 5.91 Å². The molecule has 7 heteroatoms. The summed E-state index contributed by atoms with van der Waals surface area (Å²) in [6, 6.07) is 8.38. The molecule has 2 rings (SSSR count). The minimum Gasteiger partial charge on any atom is -0.493 e. The molecule has 0 unspecified atom stereocenters. The Balaban J connectivity index is 2.12. The largest absolute Gasteiger partial charge is 0.493 e. The van der Waals surface area contributed by atoms with E-state index in [9.17, 15) is 9.59 Å². The number of hydrogen-bond acceptors (Lipinski definition) is 5. The number of aromatic nitrogens is 1. The first kappa shape index (κ1) is 18.3. The van der Waals surface area contributed by atoms with E-state index in [4.69, 9.17) is 9.47 Å². The second-order valence-electron chi connectivity index (χ2n) is 5.61. The molecule has 0 saturated heterocycles. The van der Waals surface area contributed by atoms with Crippen molar-refractivity contribution >= 4 is 12.1 Å². The lowest BCUT2D eigenvalue weighted by Crippen LogP contribution is -2.29. The molecule has 0 atom stereocenters. The van der Waals surface area contributed by atoms with Crippen molar-refractivity contribution in [1.82, 2.24) is 9.99 Å². The third-order valence-electron chi connectivity index (χ3n) is 3.30. The third kappa shape index (κ3) is 4.69. The maximum atomic E-state index is 12.0. The fraction of sp³-hybridized carbons (Fsp3) is 0.278. The van der Waals surface area contributed by atoms with E-state index in [2.05, 4.69) is 10.5 Å². The number of benzene rings is 1. The van der Waals surface area contributed by atoms with Crippen molar-refractivity contribution in [2.45, 2.75) is 20.0 Å². The predicted molar refractivity (Wildman–Crippen MR) is 95.5 cm³/mol. The summed E-state index contributed by atoms with van der Waals surface area (Å²) in [6.07, 6.45) is 3.04. The van der Waals surface area contributed by atoms with Gasteiger partial charge in [-0.2, -0.15) is 5.10 Å². The summed E-state index contributed by atoms with van der Waals surface area (Å²) in [5.41, 5.74) is 2.72. The van der Waals surface area contributed by atoms with Gasteiger partial charge in [0.05, 0.1) is 19.4 Å². The molecule has 0 fully saturated rings. The topological polar surface area (TPSA) is 81.9 Å². The van der Waals surface area contributed by atoms with E-state index in [-0.39, 0.29) is 17.2 Å². The number of rotatable bonds is 6. The van der Waals surface area contributed by atoms with Crippen molar-refractivity contribution < 1.29 is 14.3 Å². The Hall–Kier alpha value is -3.09. The molecule has 25 heavy (non-hydrogen) atoms. The van der Waals surface area contributed by atoms with E-state index in [1.807, 2.05) is 13.8 Å². The molecule has 2 aromatic rings. The Morgan fingerprint density at radius 1 is 1.28 bits per heavy atom. The van der Waals surface area contributed by atoms with Gasteiger partial charge in [-0.1, -0.05) is 0 Å². The summed E-state index contributed by atoms with van der Waals surface area (Å²) in [5.74, 6) is 0.636. The standard InChI is InChI=1S/C18H21N3O4/c1-12(2)25-16-10-13(7-8-15(16)24-4)11-19-20-17(22)14-6-5-9-21(3)18(14)23/h5-12H,1-4H3,(H,20,22)/b19-11-. The maximum absolute atomic E-state index is 12.0. The zero-order chi connectivity index (χ0) is 18.4. The van der Waals surface area contributed by atoms with E-state index in [1.165, 1.54) is 16.8 Å². The lowest BCUT2D eigenvalue weighted by atomic mass is 10.2. The SMILES string of the molecule is COc1ccc(/C=N\NC(=O)c2cccn(C)c2=O)cc1OC(C)C. The molecule has 0 aliphatic carbocycles. The quantitative estimate of drug-likeness (QED) is 0.642. The number of methoxy groups -OCH3 is 1. The predicted octanol–water partition coefficient (Wildman–Crippen LogP) is 1.94. The summed E-state index contributed by atoms with van der Waals surface area (Å²) in [6.45, 7) is 3.83. The number of ether oxygens (including phenoxy) is 2. The van der Waals surface area contributed by atoms with Gasteiger partial charge in [0.25, 0.3) is 11.5 Å². The number of hydrogen-bond donors (Lipinski definition) is 1. The number of aryl methyl sites for hydroxylation is 1. The third-order valence-corrected chi connectivity index (χ3v) is 3.30. The minimum atomic E-state index is -0.565. The zero-order valence-electron chi connectivity index (χ0n) is 14.6. The molecule has 132 valence electrons. The van der Waals surface area contributed by atoms with Crippen LogP contribution < -0.4 is 20.5 Å². The number of carbonyl (C=O) groups excluding carboxylic acids is 1. The summed E-state index contributed by atoms with van der Waals surface area (Å²) in [5, 5.41) is 3.90. The molecule has 0 spiro atoms. The first-order valence-corrected chi connectivity index (χ1v) is 7.76. The second-order valence-corrected chi connectivity index (χ2v) is 5.61. The molecule has 1 aromatic carbocycles. The number of pyridine rings is 1. The fourth-order valence-electron chi connectivity index (χ4n) is 2.12. The normalized spacial score (nSPS) is 10.9. The van der Waals surface area contributed by atoms with Crippen molar-refractivity contribution in [2.75, 3.05) is 7.11 Å². The molecule has 1 N–H and O–H groups in total. The number of hydrazone groups is 1. The van der Waals surface area contributed by atoms with Crippen LogP contribution in [0, 0.1) is 0 Å². The van der Waals surface area contributed by atoms with Crippen molar-refractivity contribution in [3.05, 3.63) is 58.0 Å². The van der Waals surface area contributed by atoms with Gasteiger partial charge in [-0.3, -0.25) is 9.59 Å². The van der Waals surface area contributed by atoms with Crippen molar-refractivity contribution in [3.8, 4) is 11.5 Å².